The molecule has 0 bridgehead atoms. The van der Waals surface area contributed by atoms with E-state index in [-0.39, 0.29) is 5.92 Å². The van der Waals surface area contributed by atoms with Crippen molar-refractivity contribution >= 4 is 22.7 Å². The van der Waals surface area contributed by atoms with E-state index >= 15 is 0 Å². The lowest BCUT2D eigenvalue weighted by molar-refractivity contribution is 0.307. The average Bonchev–Trinajstić information content (AvgIpc) is 2.90. The van der Waals surface area contributed by atoms with Crippen LogP contribution in [0.4, 0.5) is 0 Å². The third kappa shape index (κ3) is 3.27. The van der Waals surface area contributed by atoms with Gasteiger partial charge in [0.2, 0.25) is 0 Å². The van der Waals surface area contributed by atoms with E-state index in [4.69, 9.17) is 0 Å². The third-order valence-electron chi connectivity index (χ3n) is 4.55. The molecule has 2 aromatic rings. The summed E-state index contributed by atoms with van der Waals surface area (Å²) in [6.45, 7) is 2.26. The fraction of sp³-hybridized carbons (Fsp3) is 0.500. The van der Waals surface area contributed by atoms with Gasteiger partial charge in [-0.3, -0.25) is 0 Å². The van der Waals surface area contributed by atoms with Crippen LogP contribution in [0.2, 0.25) is 0 Å². The van der Waals surface area contributed by atoms with Crippen LogP contribution in [0.5, 0.6) is 0 Å². The fourth-order valence-electron chi connectivity index (χ4n) is 3.43. The number of hydrogen-bond donors (Lipinski definition) is 1. The highest BCUT2D eigenvalue weighted by Crippen LogP contribution is 2.41. The van der Waals surface area contributed by atoms with E-state index in [1.54, 1.807) is 0 Å². The summed E-state index contributed by atoms with van der Waals surface area (Å²) >= 11 is 1.87. The Morgan fingerprint density at radius 2 is 2.19 bits per heavy atom. The molecular formula is C18H22N2S. The lowest BCUT2D eigenvalue weighted by Gasteiger charge is -2.32. The highest BCUT2D eigenvalue weighted by molar-refractivity contribution is 7.99. The highest BCUT2D eigenvalue weighted by atomic mass is 32.2. The van der Waals surface area contributed by atoms with Crippen LogP contribution in [0.15, 0.2) is 35.4 Å². The molecule has 1 aliphatic rings. The molecule has 110 valence electrons. The summed E-state index contributed by atoms with van der Waals surface area (Å²) in [6, 6.07) is 13.1. The number of rotatable bonds is 4. The van der Waals surface area contributed by atoms with Crippen LogP contribution < -0.4 is 0 Å². The number of nitrogens with zero attached hydrogens (tertiary/aromatic N) is 1. The molecule has 2 nitrogen and oxygen atoms in total. The molecule has 1 saturated carbocycles. The van der Waals surface area contributed by atoms with Crippen LogP contribution >= 0.6 is 11.8 Å². The number of benzene rings is 1. The number of fused-ring (bicyclic) bond motifs is 1. The molecule has 1 aromatic heterocycles. The molecule has 3 unspecified atom stereocenters. The van der Waals surface area contributed by atoms with Gasteiger partial charge >= 0.3 is 0 Å². The van der Waals surface area contributed by atoms with Gasteiger partial charge in [0.05, 0.1) is 17.0 Å². The van der Waals surface area contributed by atoms with Crippen LogP contribution in [0.3, 0.4) is 0 Å². The van der Waals surface area contributed by atoms with Crippen LogP contribution in [-0.4, -0.2) is 10.2 Å². The molecule has 0 radical (unpaired) electrons. The van der Waals surface area contributed by atoms with Crippen LogP contribution in [-0.2, 0) is 0 Å². The van der Waals surface area contributed by atoms with Crippen molar-refractivity contribution in [2.24, 2.45) is 11.8 Å². The molecule has 1 N–H and O–H groups in total. The number of aromatic nitrogens is 1. The van der Waals surface area contributed by atoms with E-state index in [2.05, 4.69) is 48.3 Å². The Hall–Kier alpha value is -1.40. The molecule has 0 spiro atoms. The topological polar surface area (TPSA) is 39.6 Å². The lowest BCUT2D eigenvalue weighted by atomic mass is 9.80. The van der Waals surface area contributed by atoms with Gasteiger partial charge in [-0.1, -0.05) is 38.0 Å². The number of H-pyrrole nitrogens is 1. The van der Waals surface area contributed by atoms with Crippen molar-refractivity contribution in [2.75, 3.05) is 0 Å². The number of nitrogens with one attached hydrogen (secondary N) is 1. The summed E-state index contributed by atoms with van der Waals surface area (Å²) in [6.07, 6.45) is 6.05. The number of nitriles is 1. The molecule has 0 aliphatic heterocycles. The Kier molecular flexibility index (Phi) is 4.55. The molecule has 0 amide bonds. The predicted octanol–water partition coefficient (Wildman–Crippen LogP) is 5.37. The van der Waals surface area contributed by atoms with E-state index in [1.165, 1.54) is 41.6 Å². The number of aromatic amines is 1. The lowest BCUT2D eigenvalue weighted by Crippen LogP contribution is -2.26. The zero-order valence-electron chi connectivity index (χ0n) is 12.5. The monoisotopic (exact) mass is 298 g/mol. The Labute approximate surface area is 130 Å². The van der Waals surface area contributed by atoms with Crippen LogP contribution in [0, 0.1) is 23.2 Å². The summed E-state index contributed by atoms with van der Waals surface area (Å²) in [4.78, 5) is 3.49. The second-order valence-corrected chi connectivity index (χ2v) is 7.36. The van der Waals surface area contributed by atoms with Crippen molar-refractivity contribution in [1.82, 2.24) is 4.98 Å². The summed E-state index contributed by atoms with van der Waals surface area (Å²) in [5.74, 6) is 1.01. The zero-order chi connectivity index (χ0) is 14.7. The molecule has 1 fully saturated rings. The van der Waals surface area contributed by atoms with E-state index in [0.29, 0.717) is 5.25 Å². The molecule has 1 aliphatic carbocycles. The Bertz CT molecular complexity index is 607. The van der Waals surface area contributed by atoms with Gasteiger partial charge in [-0.05, 0) is 37.3 Å². The van der Waals surface area contributed by atoms with Crippen molar-refractivity contribution in [3.63, 3.8) is 0 Å². The van der Waals surface area contributed by atoms with E-state index in [0.717, 1.165) is 12.3 Å². The smallest absolute Gasteiger partial charge is 0.0735 e. The first kappa shape index (κ1) is 14.5. The van der Waals surface area contributed by atoms with Crippen molar-refractivity contribution < 1.29 is 0 Å². The van der Waals surface area contributed by atoms with Gasteiger partial charge in [-0.15, -0.1) is 11.8 Å². The second-order valence-electron chi connectivity index (χ2n) is 6.08. The summed E-state index contributed by atoms with van der Waals surface area (Å²) in [7, 11) is 0. The van der Waals surface area contributed by atoms with Gasteiger partial charge in [-0.25, -0.2) is 0 Å². The molecule has 3 atom stereocenters. The second kappa shape index (κ2) is 6.58. The highest BCUT2D eigenvalue weighted by Gasteiger charge is 2.31. The number of thioether (sulfide) groups is 1. The van der Waals surface area contributed by atoms with Gasteiger partial charge in [0.1, 0.15) is 0 Å². The minimum atomic E-state index is 0.203. The third-order valence-corrected chi connectivity index (χ3v) is 5.84. The number of para-hydroxylation sites is 1. The van der Waals surface area contributed by atoms with E-state index < -0.39 is 0 Å². The fourth-order valence-corrected chi connectivity index (χ4v) is 4.85. The average molecular weight is 298 g/mol. The van der Waals surface area contributed by atoms with Crippen molar-refractivity contribution in [3.05, 3.63) is 30.3 Å². The summed E-state index contributed by atoms with van der Waals surface area (Å²) in [5.41, 5.74) is 1.19. The van der Waals surface area contributed by atoms with Crippen molar-refractivity contribution in [2.45, 2.75) is 49.3 Å². The Morgan fingerprint density at radius 3 is 2.95 bits per heavy atom. The molecule has 21 heavy (non-hydrogen) atoms. The predicted molar refractivity (Wildman–Crippen MR) is 89.3 cm³/mol. The normalized spacial score (nSPS) is 25.8. The van der Waals surface area contributed by atoms with Gasteiger partial charge in [0.25, 0.3) is 0 Å². The number of hydrogen-bond acceptors (Lipinski definition) is 2. The molecule has 1 heterocycles. The quantitative estimate of drug-likeness (QED) is 0.824. The molecule has 1 aromatic carbocycles. The van der Waals surface area contributed by atoms with Gasteiger partial charge < -0.3 is 4.98 Å². The van der Waals surface area contributed by atoms with Gasteiger partial charge in [-0.2, -0.15) is 5.26 Å². The Morgan fingerprint density at radius 1 is 1.33 bits per heavy atom. The minimum Gasteiger partial charge on any atom is -0.350 e. The first-order valence-electron chi connectivity index (χ1n) is 7.94. The molecule has 0 saturated heterocycles. The Balaban J connectivity index is 1.75. The van der Waals surface area contributed by atoms with Crippen LogP contribution in [0.25, 0.3) is 10.9 Å². The molecular weight excluding hydrogens is 276 g/mol. The maximum Gasteiger partial charge on any atom is 0.0735 e. The first-order valence-corrected chi connectivity index (χ1v) is 8.82. The summed E-state index contributed by atoms with van der Waals surface area (Å²) in [5, 5.41) is 12.3. The summed E-state index contributed by atoms with van der Waals surface area (Å²) < 4.78 is 0. The van der Waals surface area contributed by atoms with Gasteiger partial charge in [0.15, 0.2) is 0 Å². The standard InChI is InChI=1S/C18H22N2S/c1-2-5-13-8-9-15(12-19)17(10-13)21-18-11-14-6-3-4-7-16(14)20-18/h3-4,6-7,11,13,15,17,20H,2,5,8-10H2,1H3. The minimum absolute atomic E-state index is 0.203. The van der Waals surface area contributed by atoms with E-state index in [1.807, 2.05) is 11.8 Å². The maximum atomic E-state index is 9.42. The largest absolute Gasteiger partial charge is 0.350 e. The first-order chi connectivity index (χ1) is 10.3. The SMILES string of the molecule is CCCC1CCC(C#N)C(Sc2cc3ccccc3[nH]2)C1. The molecule has 3 rings (SSSR count). The van der Waals surface area contributed by atoms with Gasteiger partial charge in [0, 0.05) is 16.2 Å². The van der Waals surface area contributed by atoms with E-state index in [9.17, 15) is 5.26 Å². The molecule has 3 heteroatoms. The maximum absolute atomic E-state index is 9.42. The van der Waals surface area contributed by atoms with Crippen molar-refractivity contribution in [1.29, 1.82) is 5.26 Å². The van der Waals surface area contributed by atoms with Crippen molar-refractivity contribution in [3.8, 4) is 6.07 Å². The van der Waals surface area contributed by atoms with Crippen LogP contribution in [0.1, 0.15) is 39.0 Å². The zero-order valence-corrected chi connectivity index (χ0v) is 13.3.